The van der Waals surface area contributed by atoms with Gasteiger partial charge >= 0.3 is 0 Å². The van der Waals surface area contributed by atoms with Crippen LogP contribution in [-0.4, -0.2) is 17.9 Å². The van der Waals surface area contributed by atoms with Crippen molar-refractivity contribution in [1.82, 2.24) is 0 Å². The smallest absolute Gasteiger partial charge is 0.144 e. The Kier molecular flexibility index (Phi) is 1.95. The molecule has 0 amide bonds. The van der Waals surface area contributed by atoms with Crippen LogP contribution in [-0.2, 0) is 4.79 Å². The topological polar surface area (TPSA) is 41.1 Å². The summed E-state index contributed by atoms with van der Waals surface area (Å²) in [5.74, 6) is 0. The van der Waals surface area contributed by atoms with Gasteiger partial charge in [0.1, 0.15) is 12.3 Å². The maximum Gasteiger partial charge on any atom is 0.144 e. The summed E-state index contributed by atoms with van der Waals surface area (Å²) in [6, 6.07) is 7.72. The van der Waals surface area contributed by atoms with Gasteiger partial charge in [-0.25, -0.2) is 0 Å². The van der Waals surface area contributed by atoms with E-state index in [2.05, 4.69) is 10.6 Å². The Labute approximate surface area is 83.5 Å². The van der Waals surface area contributed by atoms with Crippen molar-refractivity contribution in [3.8, 4) is 0 Å². The highest BCUT2D eigenvalue weighted by molar-refractivity contribution is 5.79. The summed E-state index contributed by atoms with van der Waals surface area (Å²) in [6.07, 6.45) is 0.947. The Morgan fingerprint density at radius 1 is 1.29 bits per heavy atom. The van der Waals surface area contributed by atoms with E-state index in [1.165, 1.54) is 0 Å². The maximum atomic E-state index is 10.9. The summed E-state index contributed by atoms with van der Waals surface area (Å²) >= 11 is 0. The highest BCUT2D eigenvalue weighted by atomic mass is 16.1. The first-order chi connectivity index (χ1) is 6.63. The summed E-state index contributed by atoms with van der Waals surface area (Å²) in [6.45, 7) is 4.02. The molecule has 14 heavy (non-hydrogen) atoms. The van der Waals surface area contributed by atoms with Gasteiger partial charge in [0.15, 0.2) is 0 Å². The van der Waals surface area contributed by atoms with E-state index in [1.54, 1.807) is 0 Å². The van der Waals surface area contributed by atoms with Crippen molar-refractivity contribution in [3.05, 3.63) is 24.3 Å². The molecule has 3 heteroatoms. The number of aldehydes is 1. The van der Waals surface area contributed by atoms with E-state index in [0.29, 0.717) is 0 Å². The van der Waals surface area contributed by atoms with Crippen LogP contribution in [0.1, 0.15) is 13.8 Å². The fraction of sp³-hybridized carbons (Fsp3) is 0.364. The molecule has 0 saturated heterocycles. The van der Waals surface area contributed by atoms with Gasteiger partial charge in [-0.1, -0.05) is 12.1 Å². The molecule has 1 aliphatic heterocycles. The first-order valence-electron chi connectivity index (χ1n) is 4.72. The van der Waals surface area contributed by atoms with E-state index < -0.39 is 0 Å². The van der Waals surface area contributed by atoms with Crippen LogP contribution >= 0.6 is 0 Å². The molecule has 0 saturated carbocycles. The predicted octanol–water partition coefficient (Wildman–Crippen LogP) is 1.87. The third-order valence-electron chi connectivity index (χ3n) is 2.61. The zero-order chi connectivity index (χ0) is 10.2. The van der Waals surface area contributed by atoms with Crippen molar-refractivity contribution in [2.24, 2.45) is 0 Å². The average Bonchev–Trinajstić information content (AvgIpc) is 2.15. The quantitative estimate of drug-likeness (QED) is 0.664. The predicted molar refractivity (Wildman–Crippen MR) is 57.6 cm³/mol. The van der Waals surface area contributed by atoms with Crippen LogP contribution in [0.4, 0.5) is 11.4 Å². The largest absolute Gasteiger partial charge is 0.376 e. The summed E-state index contributed by atoms with van der Waals surface area (Å²) in [5, 5.41) is 6.55. The number of benzene rings is 1. The molecule has 0 fully saturated rings. The van der Waals surface area contributed by atoms with Gasteiger partial charge in [0.05, 0.1) is 16.9 Å². The Hall–Kier alpha value is -1.51. The highest BCUT2D eigenvalue weighted by Gasteiger charge is 2.33. The Balaban J connectivity index is 2.39. The van der Waals surface area contributed by atoms with Gasteiger partial charge in [-0.15, -0.1) is 0 Å². The van der Waals surface area contributed by atoms with Gasteiger partial charge in [-0.3, -0.25) is 0 Å². The Bertz CT molecular complexity index is 360. The SMILES string of the molecule is CC1(C)Nc2ccccc2NC1C=O. The van der Waals surface area contributed by atoms with Crippen molar-refractivity contribution in [3.63, 3.8) is 0 Å². The van der Waals surface area contributed by atoms with Crippen LogP contribution in [0.2, 0.25) is 0 Å². The van der Waals surface area contributed by atoms with E-state index >= 15 is 0 Å². The highest BCUT2D eigenvalue weighted by Crippen LogP contribution is 2.32. The van der Waals surface area contributed by atoms with E-state index in [1.807, 2.05) is 38.1 Å². The van der Waals surface area contributed by atoms with Crippen LogP contribution in [0, 0.1) is 0 Å². The zero-order valence-corrected chi connectivity index (χ0v) is 8.37. The normalized spacial score (nSPS) is 22.9. The molecule has 3 nitrogen and oxygen atoms in total. The lowest BCUT2D eigenvalue weighted by atomic mass is 9.92. The van der Waals surface area contributed by atoms with E-state index in [9.17, 15) is 4.79 Å². The lowest BCUT2D eigenvalue weighted by Crippen LogP contribution is -2.52. The zero-order valence-electron chi connectivity index (χ0n) is 8.37. The molecule has 1 heterocycles. The molecule has 0 radical (unpaired) electrons. The number of anilines is 2. The molecule has 0 aromatic heterocycles. The summed E-state index contributed by atoms with van der Waals surface area (Å²) in [4.78, 5) is 10.9. The molecule has 0 spiro atoms. The second kappa shape index (κ2) is 3.01. The van der Waals surface area contributed by atoms with Crippen molar-refractivity contribution in [1.29, 1.82) is 0 Å². The lowest BCUT2D eigenvalue weighted by Gasteiger charge is -2.39. The average molecular weight is 190 g/mol. The third kappa shape index (κ3) is 1.35. The van der Waals surface area contributed by atoms with Crippen LogP contribution < -0.4 is 10.6 Å². The lowest BCUT2D eigenvalue weighted by molar-refractivity contribution is -0.109. The standard InChI is InChI=1S/C11H14N2O/c1-11(2)10(7-14)12-8-5-3-4-6-9(8)13-11/h3-7,10,12-13H,1-2H3. The molecule has 74 valence electrons. The van der Waals surface area contributed by atoms with Gasteiger partial charge in [0.25, 0.3) is 0 Å². The fourth-order valence-electron chi connectivity index (χ4n) is 1.69. The molecule has 1 unspecified atom stereocenters. The monoisotopic (exact) mass is 190 g/mol. The minimum atomic E-state index is -0.240. The van der Waals surface area contributed by atoms with Gasteiger partial charge in [0.2, 0.25) is 0 Å². The van der Waals surface area contributed by atoms with Crippen LogP contribution in [0.15, 0.2) is 24.3 Å². The molecule has 2 N–H and O–H groups in total. The minimum Gasteiger partial charge on any atom is -0.376 e. The minimum absolute atomic E-state index is 0.183. The number of carbonyl (C=O) groups excluding carboxylic acids is 1. The summed E-state index contributed by atoms with van der Waals surface area (Å²) < 4.78 is 0. The van der Waals surface area contributed by atoms with Gasteiger partial charge in [0, 0.05) is 0 Å². The third-order valence-corrected chi connectivity index (χ3v) is 2.61. The van der Waals surface area contributed by atoms with Gasteiger partial charge in [-0.2, -0.15) is 0 Å². The molecule has 1 aliphatic rings. The van der Waals surface area contributed by atoms with Crippen LogP contribution in [0.3, 0.4) is 0 Å². The van der Waals surface area contributed by atoms with E-state index in [-0.39, 0.29) is 11.6 Å². The maximum absolute atomic E-state index is 10.9. The Morgan fingerprint density at radius 2 is 1.93 bits per heavy atom. The van der Waals surface area contributed by atoms with Crippen molar-refractivity contribution in [2.45, 2.75) is 25.4 Å². The summed E-state index contributed by atoms with van der Waals surface area (Å²) in [7, 11) is 0. The van der Waals surface area contributed by atoms with Gasteiger partial charge in [-0.05, 0) is 26.0 Å². The van der Waals surface area contributed by atoms with Crippen LogP contribution in [0.5, 0.6) is 0 Å². The van der Waals surface area contributed by atoms with Crippen molar-refractivity contribution < 1.29 is 4.79 Å². The number of hydrogen-bond acceptors (Lipinski definition) is 3. The van der Waals surface area contributed by atoms with E-state index in [4.69, 9.17) is 0 Å². The first-order valence-corrected chi connectivity index (χ1v) is 4.72. The second-order valence-corrected chi connectivity index (χ2v) is 4.15. The number of fused-ring (bicyclic) bond motifs is 1. The Morgan fingerprint density at radius 3 is 2.57 bits per heavy atom. The van der Waals surface area contributed by atoms with Crippen LogP contribution in [0.25, 0.3) is 0 Å². The molecular formula is C11H14N2O. The molecule has 0 bridgehead atoms. The first kappa shape index (κ1) is 9.06. The number of carbonyl (C=O) groups is 1. The second-order valence-electron chi connectivity index (χ2n) is 4.15. The molecule has 2 rings (SSSR count). The number of hydrogen-bond donors (Lipinski definition) is 2. The number of rotatable bonds is 1. The van der Waals surface area contributed by atoms with Crippen molar-refractivity contribution in [2.75, 3.05) is 10.6 Å². The molecule has 1 aromatic carbocycles. The fourth-order valence-corrected chi connectivity index (χ4v) is 1.69. The molecule has 1 atom stereocenters. The van der Waals surface area contributed by atoms with E-state index in [0.717, 1.165) is 17.7 Å². The molecule has 1 aromatic rings. The number of para-hydroxylation sites is 2. The molecule has 0 aliphatic carbocycles. The molecular weight excluding hydrogens is 176 g/mol. The number of nitrogens with one attached hydrogen (secondary N) is 2. The van der Waals surface area contributed by atoms with Gasteiger partial charge < -0.3 is 15.4 Å². The summed E-state index contributed by atoms with van der Waals surface area (Å²) in [5.41, 5.74) is 1.80. The van der Waals surface area contributed by atoms with Crippen molar-refractivity contribution >= 4 is 17.7 Å².